The Hall–Kier alpha value is -1.15. The van der Waals surface area contributed by atoms with E-state index >= 15 is 0 Å². The predicted molar refractivity (Wildman–Crippen MR) is 74.1 cm³/mol. The first-order chi connectivity index (χ1) is 9.79. The molecule has 1 N–H and O–H groups in total. The van der Waals surface area contributed by atoms with Gasteiger partial charge < -0.3 is 9.47 Å². The highest BCUT2D eigenvalue weighted by Crippen LogP contribution is 2.33. The van der Waals surface area contributed by atoms with Gasteiger partial charge in [-0.2, -0.15) is 8.42 Å². The van der Waals surface area contributed by atoms with E-state index in [2.05, 4.69) is 9.47 Å². The molecule has 0 bridgehead atoms. The van der Waals surface area contributed by atoms with Crippen molar-refractivity contribution in [2.24, 2.45) is 5.92 Å². The zero-order chi connectivity index (χ0) is 16.1. The van der Waals surface area contributed by atoms with E-state index in [0.717, 1.165) is 46.3 Å². The van der Waals surface area contributed by atoms with Crippen molar-refractivity contribution in [1.29, 1.82) is 0 Å². The third-order valence-electron chi connectivity index (χ3n) is 4.10. The van der Waals surface area contributed by atoms with Crippen molar-refractivity contribution in [2.45, 2.75) is 49.7 Å². The number of ether oxygens (including phenoxy) is 2. The maximum Gasteiger partial charge on any atom is 0.341 e. The van der Waals surface area contributed by atoms with Crippen LogP contribution in [0, 0.1) is 5.92 Å². The van der Waals surface area contributed by atoms with E-state index in [4.69, 9.17) is 0 Å². The number of hydrogen-bond donors (Lipinski definition) is 1. The van der Waals surface area contributed by atoms with Gasteiger partial charge in [0.05, 0.1) is 14.2 Å². The fourth-order valence-corrected chi connectivity index (χ4v) is 3.80. The Bertz CT molecular complexity index is 461. The van der Waals surface area contributed by atoms with Crippen LogP contribution < -0.4 is 0 Å². The van der Waals surface area contributed by atoms with Gasteiger partial charge in [0.1, 0.15) is 0 Å². The van der Waals surface area contributed by atoms with Crippen molar-refractivity contribution in [3.63, 3.8) is 0 Å². The molecule has 0 aromatic heterocycles. The van der Waals surface area contributed by atoms with Crippen LogP contribution in [0.5, 0.6) is 0 Å². The van der Waals surface area contributed by atoms with Gasteiger partial charge in [-0.15, -0.1) is 0 Å². The summed E-state index contributed by atoms with van der Waals surface area (Å²) in [7, 11) is -3.07. The molecule has 0 radical (unpaired) electrons. The number of hydrogen-bond acceptors (Lipinski definition) is 6. The largest absolute Gasteiger partial charge is 0.467 e. The molecule has 1 aliphatic rings. The second-order valence-electron chi connectivity index (χ2n) is 5.33. The molecule has 1 rings (SSSR count). The fraction of sp³-hybridized carbons (Fsp3) is 0.846. The number of carbonyl (C=O) groups excluding carboxylic acids is 2. The maximum absolute atomic E-state index is 11.9. The topological polar surface area (TPSA) is 107 Å². The Balaban J connectivity index is 3.04. The summed E-state index contributed by atoms with van der Waals surface area (Å²) < 4.78 is 39.0. The molecule has 0 aliphatic heterocycles. The van der Waals surface area contributed by atoms with Crippen molar-refractivity contribution in [3.05, 3.63) is 0 Å². The minimum Gasteiger partial charge on any atom is -0.467 e. The first kappa shape index (κ1) is 17.9. The number of esters is 2. The molecule has 7 nitrogen and oxygen atoms in total. The molecular formula is C13H22O7S. The van der Waals surface area contributed by atoms with Gasteiger partial charge in [-0.25, -0.2) is 9.59 Å². The molecule has 0 spiro atoms. The standard InChI is InChI=1S/C13H22O7S/c1-19-11(14)13(12(15)20-2,21(16,17)18)9-8-10-6-4-3-5-7-10/h10H,3-9H2,1-2H3,(H,16,17,18). The fourth-order valence-electron chi connectivity index (χ4n) is 2.84. The molecule has 0 saturated heterocycles. The lowest BCUT2D eigenvalue weighted by Gasteiger charge is -2.28. The zero-order valence-electron chi connectivity index (χ0n) is 12.3. The molecule has 1 fully saturated rings. The first-order valence-corrected chi connectivity index (χ1v) is 8.37. The molecule has 122 valence electrons. The molecule has 0 unspecified atom stereocenters. The molecule has 8 heteroatoms. The van der Waals surface area contributed by atoms with Gasteiger partial charge in [0.2, 0.25) is 0 Å². The van der Waals surface area contributed by atoms with E-state index in [1.807, 2.05) is 0 Å². The van der Waals surface area contributed by atoms with E-state index < -0.39 is 26.8 Å². The van der Waals surface area contributed by atoms with Crippen LogP contribution in [-0.4, -0.2) is 43.9 Å². The molecule has 21 heavy (non-hydrogen) atoms. The summed E-state index contributed by atoms with van der Waals surface area (Å²) in [6, 6.07) is 0. The molecule has 0 heterocycles. The Kier molecular flexibility index (Phi) is 6.15. The summed E-state index contributed by atoms with van der Waals surface area (Å²) in [4.78, 5) is 23.8. The van der Waals surface area contributed by atoms with E-state index in [0.29, 0.717) is 6.42 Å². The summed E-state index contributed by atoms with van der Waals surface area (Å²) in [5, 5.41) is 0. The van der Waals surface area contributed by atoms with Gasteiger partial charge in [-0.3, -0.25) is 4.55 Å². The summed E-state index contributed by atoms with van der Waals surface area (Å²) in [5.74, 6) is -2.39. The van der Waals surface area contributed by atoms with Crippen LogP contribution in [-0.2, 0) is 29.2 Å². The average molecular weight is 322 g/mol. The molecule has 0 aromatic rings. The number of methoxy groups -OCH3 is 2. The second-order valence-corrected chi connectivity index (χ2v) is 6.98. The van der Waals surface area contributed by atoms with Crippen LogP contribution in [0.25, 0.3) is 0 Å². The van der Waals surface area contributed by atoms with E-state index in [-0.39, 0.29) is 12.3 Å². The molecule has 0 atom stereocenters. The maximum atomic E-state index is 11.9. The minimum absolute atomic E-state index is 0.231. The highest BCUT2D eigenvalue weighted by atomic mass is 32.2. The van der Waals surface area contributed by atoms with Gasteiger partial charge >= 0.3 is 11.9 Å². The summed E-state index contributed by atoms with van der Waals surface area (Å²) in [6.07, 6.45) is 5.06. The molecule has 1 aliphatic carbocycles. The zero-order valence-corrected chi connectivity index (χ0v) is 13.1. The van der Waals surface area contributed by atoms with E-state index in [1.165, 1.54) is 0 Å². The second kappa shape index (κ2) is 7.22. The highest BCUT2D eigenvalue weighted by Gasteiger charge is 2.59. The molecule has 0 amide bonds. The summed E-state index contributed by atoms with van der Waals surface area (Å²) in [5.41, 5.74) is 0. The van der Waals surface area contributed by atoms with Crippen LogP contribution in [0.3, 0.4) is 0 Å². The van der Waals surface area contributed by atoms with Crippen LogP contribution in [0.4, 0.5) is 0 Å². The lowest BCUT2D eigenvalue weighted by atomic mass is 9.84. The Morgan fingerprint density at radius 1 is 1.10 bits per heavy atom. The summed E-state index contributed by atoms with van der Waals surface area (Å²) >= 11 is 0. The Labute approximate surface area is 124 Å². The van der Waals surface area contributed by atoms with Crippen LogP contribution in [0.2, 0.25) is 0 Å². The molecular weight excluding hydrogens is 300 g/mol. The van der Waals surface area contributed by atoms with Gasteiger partial charge in [0, 0.05) is 0 Å². The van der Waals surface area contributed by atoms with Crippen LogP contribution in [0.1, 0.15) is 44.9 Å². The van der Waals surface area contributed by atoms with E-state index in [9.17, 15) is 22.6 Å². The minimum atomic E-state index is -5.00. The lowest BCUT2D eigenvalue weighted by molar-refractivity contribution is -0.157. The van der Waals surface area contributed by atoms with Crippen molar-refractivity contribution in [2.75, 3.05) is 14.2 Å². The first-order valence-electron chi connectivity index (χ1n) is 6.93. The third kappa shape index (κ3) is 3.74. The SMILES string of the molecule is COC(=O)C(CCC1CCCCC1)(C(=O)OC)S(=O)(=O)O. The summed E-state index contributed by atoms with van der Waals surface area (Å²) in [6.45, 7) is 0. The van der Waals surface area contributed by atoms with Gasteiger partial charge in [0.25, 0.3) is 14.9 Å². The number of carbonyl (C=O) groups is 2. The van der Waals surface area contributed by atoms with Gasteiger partial charge in [-0.05, 0) is 18.8 Å². The Morgan fingerprint density at radius 2 is 1.57 bits per heavy atom. The monoisotopic (exact) mass is 322 g/mol. The van der Waals surface area contributed by atoms with Crippen molar-refractivity contribution in [1.82, 2.24) is 0 Å². The smallest absolute Gasteiger partial charge is 0.341 e. The van der Waals surface area contributed by atoms with Crippen molar-refractivity contribution in [3.8, 4) is 0 Å². The van der Waals surface area contributed by atoms with Crippen molar-refractivity contribution < 1.29 is 32.0 Å². The van der Waals surface area contributed by atoms with Gasteiger partial charge in [-0.1, -0.05) is 32.1 Å². The number of rotatable bonds is 6. The molecule has 0 aromatic carbocycles. The highest BCUT2D eigenvalue weighted by molar-refractivity contribution is 7.89. The Morgan fingerprint density at radius 3 is 1.95 bits per heavy atom. The molecule has 1 saturated carbocycles. The quantitative estimate of drug-likeness (QED) is 0.446. The average Bonchev–Trinajstić information content (AvgIpc) is 2.46. The van der Waals surface area contributed by atoms with Gasteiger partial charge in [0.15, 0.2) is 0 Å². The van der Waals surface area contributed by atoms with Crippen LogP contribution >= 0.6 is 0 Å². The predicted octanol–water partition coefficient (Wildman–Crippen LogP) is 1.32. The van der Waals surface area contributed by atoms with Crippen LogP contribution in [0.15, 0.2) is 0 Å². The van der Waals surface area contributed by atoms with Crippen molar-refractivity contribution >= 4 is 22.1 Å². The normalized spacial score (nSPS) is 17.3. The lowest BCUT2D eigenvalue weighted by Crippen LogP contribution is -2.54. The third-order valence-corrected chi connectivity index (χ3v) is 5.52. The van der Waals surface area contributed by atoms with E-state index in [1.54, 1.807) is 0 Å².